The molecule has 1 saturated heterocycles. The topological polar surface area (TPSA) is 92.5 Å². The van der Waals surface area contributed by atoms with Gasteiger partial charge >= 0.3 is 6.18 Å². The van der Waals surface area contributed by atoms with Gasteiger partial charge in [0.05, 0.1) is 32.4 Å². The van der Waals surface area contributed by atoms with Crippen molar-refractivity contribution in [3.8, 4) is 0 Å². The molecule has 2 aromatic carbocycles. The summed E-state index contributed by atoms with van der Waals surface area (Å²) in [6.45, 7) is 2.68. The Morgan fingerprint density at radius 1 is 1.11 bits per heavy atom. The number of nitrogens with two attached hydrogens (primary N) is 1. The van der Waals surface area contributed by atoms with Gasteiger partial charge in [0.15, 0.2) is 0 Å². The van der Waals surface area contributed by atoms with Gasteiger partial charge in [-0.3, -0.25) is 9.69 Å². The molecular weight excluding hydrogens is 550 g/mol. The average Bonchev–Trinajstić information content (AvgIpc) is 2.82. The summed E-state index contributed by atoms with van der Waals surface area (Å²) in [5, 5.41) is 2.96. The molecule has 1 aliphatic rings. The van der Waals surface area contributed by atoms with Crippen molar-refractivity contribution in [1.29, 1.82) is 0 Å². The number of sulfone groups is 1. The van der Waals surface area contributed by atoms with Crippen LogP contribution in [0.1, 0.15) is 42.9 Å². The maximum absolute atomic E-state index is 13.5. The minimum absolute atomic E-state index is 0.0349. The third-order valence-electron chi connectivity index (χ3n) is 7.01. The van der Waals surface area contributed by atoms with E-state index in [9.17, 15) is 26.4 Å². The first kappa shape index (κ1) is 29.7. The SMILES string of the molecule is CC(CCN1CCC(S(C)(=O)=O)CC1N)(C(=O)NCc1ccc(C(F)(F)F)cc1)c1ccc(Cl)c(Cl)c1. The highest BCUT2D eigenvalue weighted by Gasteiger charge is 2.38. The monoisotopic (exact) mass is 579 g/mol. The number of carbonyl (C=O) groups is 1. The molecule has 0 saturated carbocycles. The number of hydrogen-bond donors (Lipinski definition) is 2. The standard InChI is InChI=1S/C25H30Cl2F3N3O3S/c1-24(18-7-8-20(26)21(27)13-18,10-12-33-11-9-19(14-22(33)31)37(2,35)36)23(34)32-15-16-3-5-17(6-4-16)25(28,29)30/h3-8,13,19,22H,9-12,14-15,31H2,1-2H3,(H,32,34). The van der Waals surface area contributed by atoms with Crippen LogP contribution in [-0.4, -0.2) is 50.0 Å². The molecule has 3 N–H and O–H groups in total. The number of likely N-dealkylation sites (tertiary alicyclic amines) is 1. The van der Waals surface area contributed by atoms with Crippen LogP contribution in [0.25, 0.3) is 0 Å². The van der Waals surface area contributed by atoms with Gasteiger partial charge in [-0.25, -0.2) is 8.42 Å². The van der Waals surface area contributed by atoms with Crippen LogP contribution in [0.3, 0.4) is 0 Å². The van der Waals surface area contributed by atoms with E-state index in [1.54, 1.807) is 25.1 Å². The Morgan fingerprint density at radius 2 is 1.73 bits per heavy atom. The van der Waals surface area contributed by atoms with Gasteiger partial charge in [0.25, 0.3) is 0 Å². The van der Waals surface area contributed by atoms with E-state index >= 15 is 0 Å². The van der Waals surface area contributed by atoms with Crippen molar-refractivity contribution in [2.45, 2.75) is 55.7 Å². The van der Waals surface area contributed by atoms with Crippen LogP contribution in [0, 0.1) is 0 Å². The third kappa shape index (κ3) is 7.38. The number of amides is 1. The summed E-state index contributed by atoms with van der Waals surface area (Å²) in [5.41, 5.74) is 5.57. The Bertz CT molecular complexity index is 1230. The minimum Gasteiger partial charge on any atom is -0.351 e. The molecule has 3 rings (SSSR count). The Labute approximate surface area is 225 Å². The first-order valence-corrected chi connectivity index (χ1v) is 14.4. The number of rotatable bonds is 8. The van der Waals surface area contributed by atoms with Crippen LogP contribution < -0.4 is 11.1 Å². The Hall–Kier alpha value is -1.85. The Morgan fingerprint density at radius 3 is 2.27 bits per heavy atom. The maximum Gasteiger partial charge on any atom is 0.416 e. The van der Waals surface area contributed by atoms with Crippen molar-refractivity contribution < 1.29 is 26.4 Å². The van der Waals surface area contributed by atoms with Crippen LogP contribution in [0.5, 0.6) is 0 Å². The molecule has 12 heteroatoms. The summed E-state index contributed by atoms with van der Waals surface area (Å²) in [5.74, 6) is -0.342. The zero-order chi connectivity index (χ0) is 27.6. The average molecular weight is 581 g/mol. The highest BCUT2D eigenvalue weighted by molar-refractivity contribution is 7.91. The van der Waals surface area contributed by atoms with Crippen molar-refractivity contribution >= 4 is 38.9 Å². The van der Waals surface area contributed by atoms with Gasteiger partial charge in [0, 0.05) is 25.9 Å². The number of nitrogens with one attached hydrogen (secondary N) is 1. The van der Waals surface area contributed by atoms with Gasteiger partial charge in [0.1, 0.15) is 9.84 Å². The molecule has 1 amide bonds. The quantitative estimate of drug-likeness (QED) is 0.470. The van der Waals surface area contributed by atoms with Crippen LogP contribution in [0.2, 0.25) is 10.0 Å². The molecule has 0 aliphatic carbocycles. The molecule has 37 heavy (non-hydrogen) atoms. The molecule has 3 unspecified atom stereocenters. The number of alkyl halides is 3. The molecule has 3 atom stereocenters. The summed E-state index contributed by atoms with van der Waals surface area (Å²) in [6.07, 6.45) is -2.60. The second kappa shape index (κ2) is 11.5. The summed E-state index contributed by atoms with van der Waals surface area (Å²) < 4.78 is 62.4. The van der Waals surface area contributed by atoms with Crippen molar-refractivity contribution in [3.63, 3.8) is 0 Å². The number of piperidine rings is 1. The van der Waals surface area contributed by atoms with Crippen LogP contribution >= 0.6 is 23.2 Å². The van der Waals surface area contributed by atoms with Crippen molar-refractivity contribution in [2.75, 3.05) is 19.3 Å². The maximum atomic E-state index is 13.5. The number of nitrogens with zero attached hydrogens (tertiary/aromatic N) is 1. The highest BCUT2D eigenvalue weighted by Crippen LogP contribution is 2.34. The number of hydrogen-bond acceptors (Lipinski definition) is 5. The Balaban J connectivity index is 1.76. The van der Waals surface area contributed by atoms with E-state index in [-0.39, 0.29) is 17.5 Å². The first-order valence-electron chi connectivity index (χ1n) is 11.7. The largest absolute Gasteiger partial charge is 0.416 e. The highest BCUT2D eigenvalue weighted by atomic mass is 35.5. The zero-order valence-electron chi connectivity index (χ0n) is 20.5. The predicted molar refractivity (Wildman–Crippen MR) is 139 cm³/mol. The summed E-state index contributed by atoms with van der Waals surface area (Å²) >= 11 is 12.3. The van der Waals surface area contributed by atoms with E-state index in [0.29, 0.717) is 48.5 Å². The van der Waals surface area contributed by atoms with Crippen LogP contribution in [-0.2, 0) is 32.8 Å². The smallest absolute Gasteiger partial charge is 0.351 e. The number of carbonyl (C=O) groups excluding carboxylic acids is 1. The lowest BCUT2D eigenvalue weighted by molar-refractivity contribution is -0.137. The fourth-order valence-electron chi connectivity index (χ4n) is 4.46. The van der Waals surface area contributed by atoms with Crippen LogP contribution in [0.15, 0.2) is 42.5 Å². The van der Waals surface area contributed by atoms with Gasteiger partial charge in [-0.2, -0.15) is 13.2 Å². The first-order chi connectivity index (χ1) is 17.1. The second-order valence-electron chi connectivity index (χ2n) is 9.67. The van der Waals surface area contributed by atoms with Crippen molar-refractivity contribution in [2.24, 2.45) is 5.73 Å². The lowest BCUT2D eigenvalue weighted by atomic mass is 9.78. The lowest BCUT2D eigenvalue weighted by Gasteiger charge is -2.39. The summed E-state index contributed by atoms with van der Waals surface area (Å²) in [7, 11) is -3.20. The summed E-state index contributed by atoms with van der Waals surface area (Å²) in [4.78, 5) is 15.5. The van der Waals surface area contributed by atoms with Crippen molar-refractivity contribution in [3.05, 3.63) is 69.2 Å². The third-order valence-corrected chi connectivity index (χ3v) is 9.39. The fourth-order valence-corrected chi connectivity index (χ4v) is 5.84. The predicted octanol–water partition coefficient (Wildman–Crippen LogP) is 4.77. The molecule has 6 nitrogen and oxygen atoms in total. The molecule has 0 spiro atoms. The van der Waals surface area contributed by atoms with Gasteiger partial charge in [0.2, 0.25) is 5.91 Å². The molecule has 1 fully saturated rings. The summed E-state index contributed by atoms with van der Waals surface area (Å²) in [6, 6.07) is 9.53. The molecule has 0 bridgehead atoms. The van der Waals surface area contributed by atoms with E-state index in [1.165, 1.54) is 18.4 Å². The molecule has 0 aromatic heterocycles. The molecular formula is C25H30Cl2F3N3O3S. The minimum atomic E-state index is -4.44. The number of benzene rings is 2. The zero-order valence-corrected chi connectivity index (χ0v) is 22.8. The second-order valence-corrected chi connectivity index (χ2v) is 12.8. The van der Waals surface area contributed by atoms with Gasteiger partial charge < -0.3 is 11.1 Å². The fraction of sp³-hybridized carbons (Fsp3) is 0.480. The molecule has 204 valence electrons. The molecule has 2 aromatic rings. The van der Waals surface area contributed by atoms with Gasteiger partial charge in [-0.15, -0.1) is 0 Å². The van der Waals surface area contributed by atoms with E-state index in [0.717, 1.165) is 12.1 Å². The number of halogens is 5. The lowest BCUT2D eigenvalue weighted by Crippen LogP contribution is -2.53. The molecule has 1 heterocycles. The van der Waals surface area contributed by atoms with E-state index in [1.807, 2.05) is 4.90 Å². The van der Waals surface area contributed by atoms with Gasteiger partial charge in [-0.05, 0) is 61.6 Å². The Kier molecular flexibility index (Phi) is 9.22. The van der Waals surface area contributed by atoms with E-state index < -0.39 is 38.4 Å². The van der Waals surface area contributed by atoms with Crippen molar-refractivity contribution in [1.82, 2.24) is 10.2 Å². The van der Waals surface area contributed by atoms with Crippen LogP contribution in [0.4, 0.5) is 13.2 Å². The van der Waals surface area contributed by atoms with Gasteiger partial charge in [-0.1, -0.05) is 41.4 Å². The van der Waals surface area contributed by atoms with E-state index in [2.05, 4.69) is 5.32 Å². The molecule has 1 aliphatic heterocycles. The van der Waals surface area contributed by atoms with E-state index in [4.69, 9.17) is 28.9 Å². The normalized spacial score (nSPS) is 20.9. The molecule has 0 radical (unpaired) electrons.